The molecule has 18 heavy (non-hydrogen) atoms. The van der Waals surface area contributed by atoms with E-state index in [9.17, 15) is 5.11 Å². The van der Waals surface area contributed by atoms with Crippen molar-refractivity contribution in [2.75, 3.05) is 0 Å². The summed E-state index contributed by atoms with van der Waals surface area (Å²) >= 11 is 0. The number of ether oxygens (including phenoxy) is 1. The van der Waals surface area contributed by atoms with Crippen molar-refractivity contribution in [3.8, 4) is 5.75 Å². The zero-order chi connectivity index (χ0) is 12.8. The summed E-state index contributed by atoms with van der Waals surface area (Å²) in [5.41, 5.74) is 1.98. The average molecular weight is 242 g/mol. The highest BCUT2D eigenvalue weighted by Gasteiger charge is 2.10. The Balaban J connectivity index is 2.10. The number of hydrogen-bond acceptors (Lipinski definition) is 2. The van der Waals surface area contributed by atoms with Crippen LogP contribution in [-0.4, -0.2) is 5.11 Å². The van der Waals surface area contributed by atoms with Crippen LogP contribution in [0.15, 0.2) is 54.6 Å². The Morgan fingerprint density at radius 2 is 1.67 bits per heavy atom. The third-order valence-corrected chi connectivity index (χ3v) is 2.90. The Bertz CT molecular complexity index is 479. The van der Waals surface area contributed by atoms with Crippen molar-refractivity contribution >= 4 is 0 Å². The zero-order valence-corrected chi connectivity index (χ0v) is 10.5. The molecule has 0 heterocycles. The van der Waals surface area contributed by atoms with Crippen molar-refractivity contribution in [2.45, 2.75) is 26.1 Å². The van der Waals surface area contributed by atoms with Crippen LogP contribution < -0.4 is 4.74 Å². The number of para-hydroxylation sites is 1. The molecule has 0 aliphatic heterocycles. The van der Waals surface area contributed by atoms with E-state index in [1.165, 1.54) is 0 Å². The average Bonchev–Trinajstić information content (AvgIpc) is 2.45. The van der Waals surface area contributed by atoms with E-state index in [1.54, 1.807) is 0 Å². The molecule has 0 amide bonds. The summed E-state index contributed by atoms with van der Waals surface area (Å²) in [6.07, 6.45) is 0.225. The maximum absolute atomic E-state index is 9.93. The molecule has 2 aromatic rings. The van der Waals surface area contributed by atoms with Gasteiger partial charge in [0.05, 0.1) is 6.10 Å². The predicted molar refractivity (Wildman–Crippen MR) is 72.5 cm³/mol. The van der Waals surface area contributed by atoms with E-state index in [0.29, 0.717) is 13.0 Å². The lowest BCUT2D eigenvalue weighted by atomic mass is 10.1. The summed E-state index contributed by atoms with van der Waals surface area (Å²) in [6.45, 7) is 2.48. The van der Waals surface area contributed by atoms with Crippen LogP contribution in [0, 0.1) is 0 Å². The van der Waals surface area contributed by atoms with Gasteiger partial charge in [-0.1, -0.05) is 55.5 Å². The van der Waals surface area contributed by atoms with Gasteiger partial charge in [-0.15, -0.1) is 0 Å². The molecule has 1 atom stereocenters. The number of benzene rings is 2. The lowest BCUT2D eigenvalue weighted by molar-refractivity contribution is 0.166. The molecule has 2 aromatic carbocycles. The molecule has 0 unspecified atom stereocenters. The molecule has 0 saturated heterocycles. The number of hydrogen-bond donors (Lipinski definition) is 1. The molecule has 0 bridgehead atoms. The van der Waals surface area contributed by atoms with Crippen LogP contribution in [0.4, 0.5) is 0 Å². The highest BCUT2D eigenvalue weighted by molar-refractivity contribution is 5.35. The van der Waals surface area contributed by atoms with E-state index in [0.717, 1.165) is 16.9 Å². The number of rotatable bonds is 5. The topological polar surface area (TPSA) is 29.5 Å². The van der Waals surface area contributed by atoms with E-state index in [4.69, 9.17) is 4.74 Å². The molecule has 0 fully saturated rings. The second kappa shape index (κ2) is 6.22. The summed E-state index contributed by atoms with van der Waals surface area (Å²) in [5.74, 6) is 0.760. The lowest BCUT2D eigenvalue weighted by Gasteiger charge is -2.14. The van der Waals surface area contributed by atoms with Gasteiger partial charge in [-0.3, -0.25) is 0 Å². The zero-order valence-electron chi connectivity index (χ0n) is 10.5. The van der Waals surface area contributed by atoms with Gasteiger partial charge >= 0.3 is 0 Å². The third-order valence-electron chi connectivity index (χ3n) is 2.90. The molecule has 1 N–H and O–H groups in total. The molecule has 0 aliphatic carbocycles. The quantitative estimate of drug-likeness (QED) is 0.866. The maximum Gasteiger partial charge on any atom is 0.125 e. The fourth-order valence-corrected chi connectivity index (χ4v) is 1.84. The van der Waals surface area contributed by atoms with Crippen LogP contribution in [0.5, 0.6) is 5.75 Å². The minimum Gasteiger partial charge on any atom is -0.489 e. The standard InChI is InChI=1S/C16H18O2/c1-2-15(17)14-10-6-7-11-16(14)18-12-13-8-4-3-5-9-13/h3-11,15,17H,2,12H2,1H3/t15-/m0/s1. The van der Waals surface area contributed by atoms with E-state index >= 15 is 0 Å². The van der Waals surface area contributed by atoms with E-state index < -0.39 is 6.10 Å². The summed E-state index contributed by atoms with van der Waals surface area (Å²) in [6, 6.07) is 17.7. The highest BCUT2D eigenvalue weighted by Crippen LogP contribution is 2.27. The van der Waals surface area contributed by atoms with Crippen LogP contribution in [0.2, 0.25) is 0 Å². The van der Waals surface area contributed by atoms with Gasteiger partial charge in [0.2, 0.25) is 0 Å². The van der Waals surface area contributed by atoms with Crippen LogP contribution in [0.25, 0.3) is 0 Å². The van der Waals surface area contributed by atoms with Crippen molar-refractivity contribution in [2.24, 2.45) is 0 Å². The van der Waals surface area contributed by atoms with E-state index in [1.807, 2.05) is 61.5 Å². The molecule has 2 nitrogen and oxygen atoms in total. The van der Waals surface area contributed by atoms with Crippen LogP contribution in [0.1, 0.15) is 30.6 Å². The molecule has 2 rings (SSSR count). The Morgan fingerprint density at radius 3 is 2.39 bits per heavy atom. The Morgan fingerprint density at radius 1 is 1.00 bits per heavy atom. The molecule has 0 aliphatic rings. The van der Waals surface area contributed by atoms with Gasteiger partial charge in [0.1, 0.15) is 12.4 Å². The van der Waals surface area contributed by atoms with Crippen LogP contribution in [0.3, 0.4) is 0 Å². The minimum atomic E-state index is -0.461. The van der Waals surface area contributed by atoms with Gasteiger partial charge in [0.15, 0.2) is 0 Å². The first-order valence-corrected chi connectivity index (χ1v) is 6.25. The van der Waals surface area contributed by atoms with Crippen molar-refractivity contribution < 1.29 is 9.84 Å². The van der Waals surface area contributed by atoms with Crippen LogP contribution >= 0.6 is 0 Å². The monoisotopic (exact) mass is 242 g/mol. The number of aliphatic hydroxyl groups is 1. The second-order valence-corrected chi connectivity index (χ2v) is 4.24. The Labute approximate surface area is 108 Å². The largest absolute Gasteiger partial charge is 0.489 e. The van der Waals surface area contributed by atoms with Gasteiger partial charge in [0, 0.05) is 5.56 Å². The van der Waals surface area contributed by atoms with Crippen LogP contribution in [-0.2, 0) is 6.61 Å². The van der Waals surface area contributed by atoms with Crippen molar-refractivity contribution in [1.29, 1.82) is 0 Å². The predicted octanol–water partition coefficient (Wildman–Crippen LogP) is 3.71. The number of aliphatic hydroxyl groups excluding tert-OH is 1. The first kappa shape index (κ1) is 12.7. The Hall–Kier alpha value is -1.80. The molecule has 0 saturated carbocycles. The molecule has 0 radical (unpaired) electrons. The summed E-state index contributed by atoms with van der Waals surface area (Å²) < 4.78 is 5.79. The van der Waals surface area contributed by atoms with E-state index in [2.05, 4.69) is 0 Å². The normalized spacial score (nSPS) is 12.1. The van der Waals surface area contributed by atoms with Gasteiger partial charge in [-0.05, 0) is 18.1 Å². The maximum atomic E-state index is 9.93. The smallest absolute Gasteiger partial charge is 0.125 e. The molecule has 2 heteroatoms. The SMILES string of the molecule is CC[C@H](O)c1ccccc1OCc1ccccc1. The Kier molecular flexibility index (Phi) is 4.37. The van der Waals surface area contributed by atoms with Gasteiger partial charge in [-0.2, -0.15) is 0 Å². The van der Waals surface area contributed by atoms with Crippen molar-refractivity contribution in [3.05, 3.63) is 65.7 Å². The molecular formula is C16H18O2. The fraction of sp³-hybridized carbons (Fsp3) is 0.250. The summed E-state index contributed by atoms with van der Waals surface area (Å²) in [4.78, 5) is 0. The third kappa shape index (κ3) is 3.11. The lowest BCUT2D eigenvalue weighted by Crippen LogP contribution is -2.02. The molecular weight excluding hydrogens is 224 g/mol. The second-order valence-electron chi connectivity index (χ2n) is 4.24. The van der Waals surface area contributed by atoms with Crippen molar-refractivity contribution in [3.63, 3.8) is 0 Å². The first-order valence-electron chi connectivity index (χ1n) is 6.25. The first-order chi connectivity index (χ1) is 8.81. The molecule has 0 spiro atoms. The van der Waals surface area contributed by atoms with Gasteiger partial charge in [0.25, 0.3) is 0 Å². The summed E-state index contributed by atoms with van der Waals surface area (Å²) in [5, 5.41) is 9.93. The highest BCUT2D eigenvalue weighted by atomic mass is 16.5. The molecule has 94 valence electrons. The van der Waals surface area contributed by atoms with Gasteiger partial charge in [-0.25, -0.2) is 0 Å². The fourth-order valence-electron chi connectivity index (χ4n) is 1.84. The molecule has 0 aromatic heterocycles. The summed E-state index contributed by atoms with van der Waals surface area (Å²) in [7, 11) is 0. The van der Waals surface area contributed by atoms with Gasteiger partial charge < -0.3 is 9.84 Å². The minimum absolute atomic E-state index is 0.461. The van der Waals surface area contributed by atoms with E-state index in [-0.39, 0.29) is 0 Å². The van der Waals surface area contributed by atoms with Crippen molar-refractivity contribution in [1.82, 2.24) is 0 Å².